The molecule has 0 bridgehead atoms. The molecule has 0 saturated carbocycles. The van der Waals surface area contributed by atoms with Crippen molar-refractivity contribution in [1.29, 1.82) is 0 Å². The summed E-state index contributed by atoms with van der Waals surface area (Å²) in [6.45, 7) is 2.27. The molecule has 0 aliphatic carbocycles. The van der Waals surface area contributed by atoms with Gasteiger partial charge in [0.2, 0.25) is 0 Å². The number of aldehydes is 1. The maximum absolute atomic E-state index is 12.0. The van der Waals surface area contributed by atoms with E-state index >= 15 is 0 Å². The Morgan fingerprint density at radius 2 is 2.13 bits per heavy atom. The zero-order valence-electron chi connectivity index (χ0n) is 18.0. The second-order valence-corrected chi connectivity index (χ2v) is 7.47. The third kappa shape index (κ3) is 8.03. The van der Waals surface area contributed by atoms with E-state index in [1.807, 2.05) is 12.1 Å². The molecule has 0 amide bonds. The maximum Gasteiger partial charge on any atom is 0.330 e. The average molecular weight is 417 g/mol. The summed E-state index contributed by atoms with van der Waals surface area (Å²) in [5, 5.41) is 0. The van der Waals surface area contributed by atoms with E-state index in [1.54, 1.807) is 32.4 Å². The molecule has 1 heterocycles. The third-order valence-electron chi connectivity index (χ3n) is 5.05. The zero-order valence-corrected chi connectivity index (χ0v) is 18.0. The molecule has 0 unspecified atom stereocenters. The van der Waals surface area contributed by atoms with Crippen LogP contribution in [0, 0.1) is 5.92 Å². The molecule has 0 spiro atoms. The van der Waals surface area contributed by atoms with Crippen molar-refractivity contribution in [3.05, 3.63) is 48.1 Å². The van der Waals surface area contributed by atoms with E-state index in [2.05, 4.69) is 13.0 Å². The van der Waals surface area contributed by atoms with Gasteiger partial charge in [-0.05, 0) is 43.7 Å². The fourth-order valence-electron chi connectivity index (χ4n) is 3.40. The van der Waals surface area contributed by atoms with Crippen molar-refractivity contribution in [2.45, 2.75) is 57.8 Å². The van der Waals surface area contributed by atoms with Crippen LogP contribution in [0.3, 0.4) is 0 Å². The van der Waals surface area contributed by atoms with Crippen LogP contribution in [0.1, 0.15) is 44.6 Å². The second-order valence-electron chi connectivity index (χ2n) is 7.47. The van der Waals surface area contributed by atoms with Crippen LogP contribution in [0.2, 0.25) is 0 Å². The molecule has 164 valence electrons. The number of methoxy groups -OCH3 is 2. The molecule has 30 heavy (non-hydrogen) atoms. The molecule has 1 aliphatic rings. The van der Waals surface area contributed by atoms with Crippen LogP contribution in [-0.4, -0.2) is 38.7 Å². The van der Waals surface area contributed by atoms with Crippen LogP contribution in [-0.2, 0) is 25.7 Å². The fraction of sp³-hybridized carbons (Fsp3) is 0.500. The lowest BCUT2D eigenvalue weighted by Gasteiger charge is -2.27. The topological polar surface area (TPSA) is 71.1 Å². The summed E-state index contributed by atoms with van der Waals surface area (Å²) in [5.41, 5.74) is 0.769. The number of carbonyl (C=O) groups is 2. The minimum absolute atomic E-state index is 0.0484. The Bertz CT molecular complexity index is 739. The molecule has 1 aromatic rings. The predicted octanol–water partition coefficient (Wildman–Crippen LogP) is 4.41. The first-order valence-corrected chi connectivity index (χ1v) is 10.4. The number of esters is 1. The van der Waals surface area contributed by atoms with Crippen molar-refractivity contribution in [1.82, 2.24) is 0 Å². The molecule has 0 saturated heterocycles. The maximum atomic E-state index is 12.0. The number of ether oxygens (including phenoxy) is 4. The van der Waals surface area contributed by atoms with Crippen molar-refractivity contribution in [3.63, 3.8) is 0 Å². The van der Waals surface area contributed by atoms with E-state index in [9.17, 15) is 9.59 Å². The Hall–Kier alpha value is -2.60. The van der Waals surface area contributed by atoms with Gasteiger partial charge in [0.15, 0.2) is 0 Å². The summed E-state index contributed by atoms with van der Waals surface area (Å²) < 4.78 is 21.9. The van der Waals surface area contributed by atoms with E-state index in [-0.39, 0.29) is 18.8 Å². The van der Waals surface area contributed by atoms with E-state index in [0.29, 0.717) is 30.3 Å². The number of hydrogen-bond acceptors (Lipinski definition) is 6. The molecule has 0 radical (unpaired) electrons. The molecule has 0 aromatic heterocycles. The van der Waals surface area contributed by atoms with Gasteiger partial charge in [-0.1, -0.05) is 25.2 Å². The van der Waals surface area contributed by atoms with Gasteiger partial charge in [-0.25, -0.2) is 4.79 Å². The molecular formula is C24H32O6. The Balaban J connectivity index is 1.76. The number of benzene rings is 1. The highest BCUT2D eigenvalue weighted by atomic mass is 16.5. The van der Waals surface area contributed by atoms with Crippen molar-refractivity contribution in [3.8, 4) is 11.5 Å². The van der Waals surface area contributed by atoms with Crippen LogP contribution in [0.25, 0.3) is 0 Å². The summed E-state index contributed by atoms with van der Waals surface area (Å²) >= 11 is 0. The highest BCUT2D eigenvalue weighted by Crippen LogP contribution is 2.25. The van der Waals surface area contributed by atoms with Gasteiger partial charge in [0.1, 0.15) is 24.4 Å². The van der Waals surface area contributed by atoms with Crippen LogP contribution in [0.5, 0.6) is 11.5 Å². The quantitative estimate of drug-likeness (QED) is 0.217. The highest BCUT2D eigenvalue weighted by molar-refractivity contribution is 5.81. The van der Waals surface area contributed by atoms with Crippen molar-refractivity contribution < 1.29 is 28.5 Å². The van der Waals surface area contributed by atoms with Gasteiger partial charge < -0.3 is 23.7 Å². The zero-order chi connectivity index (χ0) is 21.8. The molecule has 6 heteroatoms. The normalized spacial score (nSPS) is 19.4. The number of hydrogen-bond donors (Lipinski definition) is 0. The number of carbonyl (C=O) groups excluding carboxylic acids is 2. The van der Waals surface area contributed by atoms with Crippen LogP contribution in [0.15, 0.2) is 42.5 Å². The molecule has 0 N–H and O–H groups in total. The average Bonchev–Trinajstić information content (AvgIpc) is 2.76. The minimum atomic E-state index is -0.410. The van der Waals surface area contributed by atoms with E-state index in [1.165, 1.54) is 6.08 Å². The molecule has 1 aromatic carbocycles. The van der Waals surface area contributed by atoms with Crippen LogP contribution in [0.4, 0.5) is 0 Å². The fourth-order valence-corrected chi connectivity index (χ4v) is 3.40. The summed E-state index contributed by atoms with van der Waals surface area (Å²) in [5.74, 6) is 1.33. The monoisotopic (exact) mass is 416 g/mol. The molecule has 0 fully saturated rings. The molecule has 2 rings (SSSR count). The largest absolute Gasteiger partial charge is 0.497 e. The van der Waals surface area contributed by atoms with Crippen molar-refractivity contribution in [2.24, 2.45) is 5.92 Å². The van der Waals surface area contributed by atoms with E-state index in [4.69, 9.17) is 18.9 Å². The Morgan fingerprint density at radius 1 is 1.30 bits per heavy atom. The van der Waals surface area contributed by atoms with Crippen molar-refractivity contribution in [2.75, 3.05) is 14.2 Å². The molecule has 1 aliphatic heterocycles. The SMILES string of the molecule is COc1ccc(COC(=O)/C=C\C[C@@H]2C=CC[C@@H](C[C@@H](C)CCC=O)O2)c(OC)c1. The van der Waals surface area contributed by atoms with Gasteiger partial charge >= 0.3 is 5.97 Å². The smallest absolute Gasteiger partial charge is 0.330 e. The van der Waals surface area contributed by atoms with Gasteiger partial charge in [0, 0.05) is 24.1 Å². The van der Waals surface area contributed by atoms with Crippen LogP contribution >= 0.6 is 0 Å². The van der Waals surface area contributed by atoms with Gasteiger partial charge in [-0.2, -0.15) is 0 Å². The Kier molecular flexibility index (Phi) is 10.1. The lowest BCUT2D eigenvalue weighted by molar-refractivity contribution is -0.139. The van der Waals surface area contributed by atoms with Gasteiger partial charge in [0.25, 0.3) is 0 Å². The predicted molar refractivity (Wildman–Crippen MR) is 115 cm³/mol. The molecular weight excluding hydrogens is 384 g/mol. The standard InChI is InChI=1S/C24H32O6/c1-18(7-6-14-25)15-22-10-4-8-20(30-22)9-5-11-24(26)29-17-19-12-13-21(27-2)16-23(19)28-3/h4-5,8,11-14,16,18,20,22H,6-7,9-10,15,17H2,1-3H3/b11-5-/t18-,20-,22-/m0/s1. The lowest BCUT2D eigenvalue weighted by Crippen LogP contribution is -2.25. The van der Waals surface area contributed by atoms with Crippen molar-refractivity contribution >= 4 is 12.3 Å². The third-order valence-corrected chi connectivity index (χ3v) is 5.05. The summed E-state index contributed by atoms with van der Waals surface area (Å²) in [4.78, 5) is 22.5. The first-order chi connectivity index (χ1) is 14.5. The Morgan fingerprint density at radius 3 is 2.87 bits per heavy atom. The van der Waals surface area contributed by atoms with E-state index < -0.39 is 5.97 Å². The summed E-state index contributed by atoms with van der Waals surface area (Å²) in [6.07, 6.45) is 12.4. The Labute approximate surface area is 178 Å². The first kappa shape index (κ1) is 23.7. The van der Waals surface area contributed by atoms with Crippen LogP contribution < -0.4 is 9.47 Å². The van der Waals surface area contributed by atoms with E-state index in [0.717, 1.165) is 31.1 Å². The first-order valence-electron chi connectivity index (χ1n) is 10.4. The minimum Gasteiger partial charge on any atom is -0.497 e. The van der Waals surface area contributed by atoms with Gasteiger partial charge in [0.05, 0.1) is 26.4 Å². The number of rotatable bonds is 12. The summed E-state index contributed by atoms with van der Waals surface area (Å²) in [6, 6.07) is 5.36. The van der Waals surface area contributed by atoms with Gasteiger partial charge in [-0.15, -0.1) is 0 Å². The highest BCUT2D eigenvalue weighted by Gasteiger charge is 2.19. The molecule has 6 nitrogen and oxygen atoms in total. The summed E-state index contributed by atoms with van der Waals surface area (Å²) in [7, 11) is 3.15. The second kappa shape index (κ2) is 12.9. The van der Waals surface area contributed by atoms with Gasteiger partial charge in [-0.3, -0.25) is 0 Å². The molecule has 3 atom stereocenters. The lowest BCUT2D eigenvalue weighted by atomic mass is 9.95.